The van der Waals surface area contributed by atoms with E-state index in [2.05, 4.69) is 61.0 Å². The number of hydrogen-bond donors (Lipinski definition) is 1. The first-order valence-corrected chi connectivity index (χ1v) is 17.2. The summed E-state index contributed by atoms with van der Waals surface area (Å²) in [5.41, 5.74) is 1.07. The molecule has 0 aromatic heterocycles. The molecule has 2 heterocycles. The van der Waals surface area contributed by atoms with E-state index in [9.17, 15) is 14.9 Å². The van der Waals surface area contributed by atoms with Crippen LogP contribution in [0.4, 0.5) is 10.5 Å². The molecule has 0 radical (unpaired) electrons. The van der Waals surface area contributed by atoms with E-state index >= 15 is 0 Å². The van der Waals surface area contributed by atoms with Crippen LogP contribution in [-0.4, -0.2) is 85.4 Å². The average Bonchev–Trinajstić information content (AvgIpc) is 3.02. The predicted octanol–water partition coefficient (Wildman–Crippen LogP) is 6.59. The SMILES string of the molecule is CC(C)(C)OC(=O)N1CCC(CN2CCN(c3ccc(C(=O)N[C@H]4C(C)(C)[C@H](Oc5ccc(C#N)c(Cl)c5)C4(C)C)cc3)CC2)CC1. The van der Waals surface area contributed by atoms with Crippen molar-refractivity contribution < 1.29 is 19.1 Å². The van der Waals surface area contributed by atoms with Crippen molar-refractivity contribution in [2.45, 2.75) is 79.1 Å². The molecule has 2 saturated heterocycles. The molecule has 0 atom stereocenters. The van der Waals surface area contributed by atoms with E-state index in [0.717, 1.165) is 64.3 Å². The summed E-state index contributed by atoms with van der Waals surface area (Å²) in [5, 5.41) is 12.8. The van der Waals surface area contributed by atoms with Crippen molar-refractivity contribution in [3.05, 3.63) is 58.6 Å². The van der Waals surface area contributed by atoms with Gasteiger partial charge in [-0.2, -0.15) is 5.26 Å². The number of benzene rings is 2. The number of carbonyl (C=O) groups is 2. The maximum atomic E-state index is 13.4. The summed E-state index contributed by atoms with van der Waals surface area (Å²) in [4.78, 5) is 32.6. The van der Waals surface area contributed by atoms with Crippen molar-refractivity contribution in [1.82, 2.24) is 15.1 Å². The highest BCUT2D eigenvalue weighted by Crippen LogP contribution is 2.55. The van der Waals surface area contributed by atoms with Gasteiger partial charge in [0.05, 0.1) is 10.6 Å². The molecule has 3 fully saturated rings. The summed E-state index contributed by atoms with van der Waals surface area (Å²) in [7, 11) is 0. The molecule has 1 N–H and O–H groups in total. The Morgan fingerprint density at radius 3 is 2.13 bits per heavy atom. The van der Waals surface area contributed by atoms with Gasteiger partial charge in [-0.3, -0.25) is 9.69 Å². The number of hydrogen-bond acceptors (Lipinski definition) is 7. The number of likely N-dealkylation sites (tertiary alicyclic amines) is 1. The first-order chi connectivity index (χ1) is 22.1. The Kier molecular flexibility index (Phi) is 10.1. The lowest BCUT2D eigenvalue weighted by Gasteiger charge is -2.63. The van der Waals surface area contributed by atoms with Gasteiger partial charge in [0.1, 0.15) is 23.5 Å². The van der Waals surface area contributed by atoms with Gasteiger partial charge < -0.3 is 24.6 Å². The summed E-state index contributed by atoms with van der Waals surface area (Å²) in [6.45, 7) is 20.6. The zero-order chi connectivity index (χ0) is 34.1. The largest absolute Gasteiger partial charge is 0.489 e. The number of halogens is 1. The molecule has 2 aliphatic heterocycles. The highest BCUT2D eigenvalue weighted by atomic mass is 35.5. The molecule has 2 aromatic rings. The minimum absolute atomic E-state index is 0.0925. The molecule has 9 nitrogen and oxygen atoms in total. The van der Waals surface area contributed by atoms with Gasteiger partial charge >= 0.3 is 6.09 Å². The third-order valence-electron chi connectivity index (χ3n) is 10.1. The molecule has 3 aliphatic rings. The van der Waals surface area contributed by atoms with Crippen LogP contribution >= 0.6 is 11.6 Å². The molecular weight excluding hydrogens is 614 g/mol. The highest BCUT2D eigenvalue weighted by Gasteiger charge is 2.64. The van der Waals surface area contributed by atoms with Crippen molar-refractivity contribution in [3.63, 3.8) is 0 Å². The molecule has 1 saturated carbocycles. The van der Waals surface area contributed by atoms with E-state index in [1.807, 2.05) is 37.8 Å². The van der Waals surface area contributed by atoms with Crippen LogP contribution in [0.25, 0.3) is 0 Å². The van der Waals surface area contributed by atoms with Crippen molar-refractivity contribution in [2.24, 2.45) is 16.7 Å². The number of rotatable bonds is 7. The molecule has 2 amide bonds. The van der Waals surface area contributed by atoms with Crippen LogP contribution in [-0.2, 0) is 4.74 Å². The second kappa shape index (κ2) is 13.6. The predicted molar refractivity (Wildman–Crippen MR) is 185 cm³/mol. The molecule has 10 heteroatoms. The van der Waals surface area contributed by atoms with E-state index in [-0.39, 0.29) is 35.0 Å². The summed E-state index contributed by atoms with van der Waals surface area (Å²) < 4.78 is 11.9. The zero-order valence-electron chi connectivity index (χ0n) is 28.9. The monoisotopic (exact) mass is 663 g/mol. The van der Waals surface area contributed by atoms with Crippen LogP contribution in [0.3, 0.4) is 0 Å². The second-order valence-corrected chi connectivity index (χ2v) is 16.0. The fraction of sp³-hybridized carbons (Fsp3) is 0.595. The van der Waals surface area contributed by atoms with Crippen molar-refractivity contribution in [1.29, 1.82) is 5.26 Å². The molecule has 0 spiro atoms. The lowest BCUT2D eigenvalue weighted by Crippen LogP contribution is -2.74. The van der Waals surface area contributed by atoms with Gasteiger partial charge in [0.25, 0.3) is 5.91 Å². The number of piperidine rings is 1. The molecular formula is C37H50ClN5O4. The average molecular weight is 664 g/mol. The van der Waals surface area contributed by atoms with Gasteiger partial charge in [0.15, 0.2) is 0 Å². The Bertz CT molecular complexity index is 1460. The third-order valence-corrected chi connectivity index (χ3v) is 10.4. The lowest BCUT2D eigenvalue weighted by atomic mass is 9.49. The van der Waals surface area contributed by atoms with Crippen LogP contribution in [0.5, 0.6) is 5.75 Å². The van der Waals surface area contributed by atoms with Gasteiger partial charge in [-0.25, -0.2) is 4.79 Å². The molecule has 5 rings (SSSR count). The van der Waals surface area contributed by atoms with Crippen LogP contribution < -0.4 is 15.0 Å². The Balaban J connectivity index is 1.08. The third kappa shape index (κ3) is 7.81. The van der Waals surface area contributed by atoms with Gasteiger partial charge in [-0.05, 0) is 75.9 Å². The first kappa shape index (κ1) is 34.8. The Morgan fingerprint density at radius 2 is 1.57 bits per heavy atom. The number of anilines is 1. The number of ether oxygens (including phenoxy) is 2. The first-order valence-electron chi connectivity index (χ1n) is 16.8. The zero-order valence-corrected chi connectivity index (χ0v) is 29.7. The summed E-state index contributed by atoms with van der Waals surface area (Å²) in [6, 6.07) is 15.0. The second-order valence-electron chi connectivity index (χ2n) is 15.5. The number of nitrogens with zero attached hydrogens (tertiary/aromatic N) is 4. The molecule has 1 aliphatic carbocycles. The number of nitriles is 1. The smallest absolute Gasteiger partial charge is 0.410 e. The maximum absolute atomic E-state index is 13.4. The van der Waals surface area contributed by atoms with Crippen molar-refractivity contribution in [2.75, 3.05) is 50.7 Å². The van der Waals surface area contributed by atoms with Crippen LogP contribution in [0.1, 0.15) is 77.2 Å². The minimum atomic E-state index is -0.462. The van der Waals surface area contributed by atoms with Gasteiger partial charge in [-0.15, -0.1) is 0 Å². The molecule has 254 valence electrons. The molecule has 0 bridgehead atoms. The highest BCUT2D eigenvalue weighted by molar-refractivity contribution is 6.31. The number of carbonyl (C=O) groups excluding carboxylic acids is 2. The fourth-order valence-electron chi connectivity index (χ4n) is 7.81. The van der Waals surface area contributed by atoms with E-state index < -0.39 is 5.60 Å². The Morgan fingerprint density at radius 1 is 0.957 bits per heavy atom. The van der Waals surface area contributed by atoms with E-state index in [1.54, 1.807) is 18.2 Å². The van der Waals surface area contributed by atoms with Crippen molar-refractivity contribution in [3.8, 4) is 11.8 Å². The lowest BCUT2D eigenvalue weighted by molar-refractivity contribution is -0.164. The maximum Gasteiger partial charge on any atom is 0.410 e. The van der Waals surface area contributed by atoms with Crippen LogP contribution in [0, 0.1) is 28.1 Å². The topological polar surface area (TPSA) is 98.1 Å². The molecule has 0 unspecified atom stereocenters. The van der Waals surface area contributed by atoms with Gasteiger partial charge in [0, 0.05) is 80.0 Å². The Hall–Kier alpha value is -3.48. The number of amides is 2. The van der Waals surface area contributed by atoms with E-state index in [1.165, 1.54) is 0 Å². The van der Waals surface area contributed by atoms with E-state index in [4.69, 9.17) is 21.1 Å². The quantitative estimate of drug-likeness (QED) is 0.357. The van der Waals surface area contributed by atoms with Crippen LogP contribution in [0.2, 0.25) is 5.02 Å². The number of piperazine rings is 1. The normalized spacial score (nSPS) is 23.0. The van der Waals surface area contributed by atoms with Gasteiger partial charge in [-0.1, -0.05) is 39.3 Å². The molecule has 47 heavy (non-hydrogen) atoms. The minimum Gasteiger partial charge on any atom is -0.489 e. The summed E-state index contributed by atoms with van der Waals surface area (Å²) in [6.07, 6.45) is 1.67. The summed E-state index contributed by atoms with van der Waals surface area (Å²) in [5.74, 6) is 1.12. The van der Waals surface area contributed by atoms with E-state index in [0.29, 0.717) is 27.8 Å². The Labute approximate surface area is 285 Å². The fourth-order valence-corrected chi connectivity index (χ4v) is 8.02. The number of nitrogens with one attached hydrogen (secondary N) is 1. The van der Waals surface area contributed by atoms with Crippen LogP contribution in [0.15, 0.2) is 42.5 Å². The van der Waals surface area contributed by atoms with Crippen molar-refractivity contribution >= 4 is 29.3 Å². The van der Waals surface area contributed by atoms with Gasteiger partial charge in [0.2, 0.25) is 0 Å². The molecule has 2 aromatic carbocycles. The standard InChI is InChI=1S/C37H50ClN5O4/c1-35(2,3)47-34(45)43-16-14-25(15-17-43)24-41-18-20-42(21-19-41)28-11-8-26(9-12-28)31(44)40-32-36(4,5)33(37(32,6)7)46-29-13-10-27(23-39)30(38)22-29/h8-13,22,25,32-33H,14-21,24H2,1-7H3,(H,40,44)/t32-,33-. The summed E-state index contributed by atoms with van der Waals surface area (Å²) >= 11 is 6.23.